The molecule has 0 heterocycles. The van der Waals surface area contributed by atoms with Gasteiger partial charge in [-0.2, -0.15) is 8.42 Å². The van der Waals surface area contributed by atoms with E-state index in [-0.39, 0.29) is 5.75 Å². The molecule has 0 aromatic heterocycles. The van der Waals surface area contributed by atoms with Crippen molar-refractivity contribution in [3.8, 4) is 5.75 Å². The first-order chi connectivity index (χ1) is 8.33. The molecule has 0 radical (unpaired) electrons. The fourth-order valence-electron chi connectivity index (χ4n) is 1.14. The van der Waals surface area contributed by atoms with E-state index in [4.69, 9.17) is 10.2 Å². The second kappa shape index (κ2) is 5.50. The lowest BCUT2D eigenvalue weighted by molar-refractivity contribution is -0.143. The number of para-hydroxylation sites is 1. The Morgan fingerprint density at radius 2 is 1.72 bits per heavy atom. The Morgan fingerprint density at radius 1 is 1.17 bits per heavy atom. The van der Waals surface area contributed by atoms with Gasteiger partial charge in [-0.05, 0) is 12.1 Å². The summed E-state index contributed by atoms with van der Waals surface area (Å²) in [7, 11) is -4.55. The number of carbonyl (C=O) groups is 2. The number of carboxylic acid groups (broad SMARTS) is 2. The summed E-state index contributed by atoms with van der Waals surface area (Å²) < 4.78 is 27.8. The van der Waals surface area contributed by atoms with Crippen LogP contribution < -0.4 is 4.18 Å². The lowest BCUT2D eigenvalue weighted by Crippen LogP contribution is -2.35. The quantitative estimate of drug-likeness (QED) is 0.717. The van der Waals surface area contributed by atoms with Crippen molar-refractivity contribution in [1.82, 2.24) is 0 Å². The number of hydrogen-bond acceptors (Lipinski definition) is 5. The SMILES string of the molecule is O=C(O)CC(C(=O)O)S(=O)(=O)Oc1ccccc1. The highest BCUT2D eigenvalue weighted by Crippen LogP contribution is 2.16. The van der Waals surface area contributed by atoms with E-state index in [1.807, 2.05) is 0 Å². The topological polar surface area (TPSA) is 118 Å². The zero-order valence-corrected chi connectivity index (χ0v) is 9.83. The molecule has 1 atom stereocenters. The molecule has 2 N–H and O–H groups in total. The molecule has 0 fully saturated rings. The molecule has 0 amide bonds. The number of aliphatic carboxylic acids is 2. The Morgan fingerprint density at radius 3 is 2.17 bits per heavy atom. The molecule has 1 aromatic rings. The Labute approximate surface area is 103 Å². The molecule has 0 saturated carbocycles. The van der Waals surface area contributed by atoms with Crippen LogP contribution in [0.2, 0.25) is 0 Å². The third kappa shape index (κ3) is 3.74. The highest BCUT2D eigenvalue weighted by Gasteiger charge is 2.36. The summed E-state index contributed by atoms with van der Waals surface area (Å²) in [6, 6.07) is 7.25. The largest absolute Gasteiger partial charge is 0.481 e. The second-order valence-electron chi connectivity index (χ2n) is 3.31. The van der Waals surface area contributed by atoms with Crippen molar-refractivity contribution < 1.29 is 32.4 Å². The minimum atomic E-state index is -4.55. The minimum absolute atomic E-state index is 0.0749. The van der Waals surface area contributed by atoms with Gasteiger partial charge in [-0.3, -0.25) is 9.59 Å². The van der Waals surface area contributed by atoms with E-state index in [2.05, 4.69) is 4.18 Å². The van der Waals surface area contributed by atoms with Gasteiger partial charge in [-0.25, -0.2) is 0 Å². The van der Waals surface area contributed by atoms with E-state index in [1.165, 1.54) is 24.3 Å². The van der Waals surface area contributed by atoms with E-state index in [0.29, 0.717) is 0 Å². The number of carboxylic acids is 2. The summed E-state index contributed by atoms with van der Waals surface area (Å²) in [6.45, 7) is 0. The molecular weight excluding hydrogens is 264 g/mol. The van der Waals surface area contributed by atoms with Crippen LogP contribution in [0.1, 0.15) is 6.42 Å². The minimum Gasteiger partial charge on any atom is -0.481 e. The normalized spacial score (nSPS) is 12.7. The van der Waals surface area contributed by atoms with E-state index >= 15 is 0 Å². The summed E-state index contributed by atoms with van der Waals surface area (Å²) in [5, 5.41) is 15.0. The van der Waals surface area contributed by atoms with Crippen LogP contribution in [-0.2, 0) is 19.7 Å². The highest BCUT2D eigenvalue weighted by atomic mass is 32.2. The molecule has 1 unspecified atom stereocenters. The Balaban J connectivity index is 2.96. The van der Waals surface area contributed by atoms with Gasteiger partial charge in [0, 0.05) is 0 Å². The van der Waals surface area contributed by atoms with Gasteiger partial charge in [-0.15, -0.1) is 0 Å². The van der Waals surface area contributed by atoms with E-state index < -0.39 is 33.7 Å². The van der Waals surface area contributed by atoms with Crippen molar-refractivity contribution in [2.75, 3.05) is 0 Å². The average molecular weight is 274 g/mol. The molecule has 98 valence electrons. The van der Waals surface area contributed by atoms with Crippen molar-refractivity contribution in [2.24, 2.45) is 0 Å². The zero-order valence-electron chi connectivity index (χ0n) is 9.02. The average Bonchev–Trinajstić information content (AvgIpc) is 2.26. The zero-order chi connectivity index (χ0) is 13.8. The molecule has 1 rings (SSSR count). The predicted octanol–water partition coefficient (Wildman–Crippen LogP) is 0.323. The predicted molar refractivity (Wildman–Crippen MR) is 59.7 cm³/mol. The third-order valence-corrected chi connectivity index (χ3v) is 3.43. The van der Waals surface area contributed by atoms with E-state index in [9.17, 15) is 18.0 Å². The summed E-state index contributed by atoms with van der Waals surface area (Å²) in [4.78, 5) is 21.2. The number of benzene rings is 1. The lowest BCUT2D eigenvalue weighted by atomic mass is 10.3. The number of rotatable bonds is 6. The van der Waals surface area contributed by atoms with Crippen LogP contribution in [0.5, 0.6) is 5.75 Å². The van der Waals surface area contributed by atoms with Crippen molar-refractivity contribution >= 4 is 22.1 Å². The van der Waals surface area contributed by atoms with Crippen molar-refractivity contribution in [2.45, 2.75) is 11.7 Å². The molecule has 0 aliphatic rings. The molecule has 0 aliphatic carbocycles. The third-order valence-electron chi connectivity index (χ3n) is 1.94. The van der Waals surface area contributed by atoms with Crippen molar-refractivity contribution in [3.05, 3.63) is 30.3 Å². The molecule has 7 nitrogen and oxygen atoms in total. The Kier molecular flexibility index (Phi) is 4.27. The standard InChI is InChI=1S/C10H10O7S/c11-9(12)6-8(10(13)14)18(15,16)17-7-4-2-1-3-5-7/h1-5,8H,6H2,(H,11,12)(H,13,14). The molecule has 1 aromatic carbocycles. The fourth-order valence-corrected chi connectivity index (χ4v) is 2.23. The smallest absolute Gasteiger partial charge is 0.326 e. The summed E-state index contributed by atoms with van der Waals surface area (Å²) in [5.74, 6) is -3.38. The summed E-state index contributed by atoms with van der Waals surface area (Å²) in [5.41, 5.74) is 0. The summed E-state index contributed by atoms with van der Waals surface area (Å²) in [6.07, 6.45) is -1.06. The molecule has 0 spiro atoms. The molecule has 0 saturated heterocycles. The maximum absolute atomic E-state index is 11.6. The Hall–Kier alpha value is -2.09. The van der Waals surface area contributed by atoms with Crippen LogP contribution in [0, 0.1) is 0 Å². The molecule has 0 aliphatic heterocycles. The van der Waals surface area contributed by atoms with Gasteiger partial charge in [0.25, 0.3) is 0 Å². The molecular formula is C10H10O7S. The monoisotopic (exact) mass is 274 g/mol. The van der Waals surface area contributed by atoms with E-state index in [1.54, 1.807) is 6.07 Å². The number of hydrogen-bond donors (Lipinski definition) is 2. The maximum atomic E-state index is 11.6. The van der Waals surface area contributed by atoms with Gasteiger partial charge in [0.1, 0.15) is 5.75 Å². The molecule has 8 heteroatoms. The van der Waals surface area contributed by atoms with Crippen LogP contribution in [0.15, 0.2) is 30.3 Å². The molecule has 18 heavy (non-hydrogen) atoms. The van der Waals surface area contributed by atoms with Crippen molar-refractivity contribution in [1.29, 1.82) is 0 Å². The van der Waals surface area contributed by atoms with Gasteiger partial charge in [0.15, 0.2) is 0 Å². The van der Waals surface area contributed by atoms with E-state index in [0.717, 1.165) is 0 Å². The fraction of sp³-hybridized carbons (Fsp3) is 0.200. The van der Waals surface area contributed by atoms with Gasteiger partial charge in [0.05, 0.1) is 6.42 Å². The van der Waals surface area contributed by atoms with Crippen LogP contribution in [-0.4, -0.2) is 35.8 Å². The lowest BCUT2D eigenvalue weighted by Gasteiger charge is -2.12. The first kappa shape index (κ1) is 14.0. The molecule has 0 bridgehead atoms. The van der Waals surface area contributed by atoms with Crippen LogP contribution in [0.25, 0.3) is 0 Å². The van der Waals surface area contributed by atoms with Crippen LogP contribution >= 0.6 is 0 Å². The summed E-state index contributed by atoms with van der Waals surface area (Å²) >= 11 is 0. The van der Waals surface area contributed by atoms with Gasteiger partial charge in [0.2, 0.25) is 5.25 Å². The van der Waals surface area contributed by atoms with Crippen molar-refractivity contribution in [3.63, 3.8) is 0 Å². The highest BCUT2D eigenvalue weighted by molar-refractivity contribution is 7.88. The van der Waals surface area contributed by atoms with Gasteiger partial charge < -0.3 is 14.4 Å². The van der Waals surface area contributed by atoms with Gasteiger partial charge >= 0.3 is 22.1 Å². The van der Waals surface area contributed by atoms with Crippen LogP contribution in [0.3, 0.4) is 0 Å². The Bertz CT molecular complexity index is 535. The van der Waals surface area contributed by atoms with Crippen LogP contribution in [0.4, 0.5) is 0 Å². The van der Waals surface area contributed by atoms with Gasteiger partial charge in [-0.1, -0.05) is 18.2 Å². The first-order valence-corrected chi connectivity index (χ1v) is 6.23. The maximum Gasteiger partial charge on any atom is 0.326 e. The first-order valence-electron chi connectivity index (χ1n) is 4.76. The second-order valence-corrected chi connectivity index (χ2v) is 5.04.